The fraction of sp³-hybridized carbons (Fsp3) is 0.350. The lowest BCUT2D eigenvalue weighted by Gasteiger charge is -2.35. The molecule has 1 aromatic heterocycles. The Balaban J connectivity index is 2.62. The van der Waals surface area contributed by atoms with Crippen molar-refractivity contribution in [1.29, 1.82) is 5.26 Å². The van der Waals surface area contributed by atoms with Crippen molar-refractivity contribution in [2.24, 2.45) is 0 Å². The fourth-order valence-corrected chi connectivity index (χ4v) is 4.01. The molecule has 1 atom stereocenters. The number of nitrogens with zero attached hydrogens (tertiary/aromatic N) is 1. The smallest absolute Gasteiger partial charge is 0.441 e. The van der Waals surface area contributed by atoms with E-state index in [0.717, 1.165) is 35.6 Å². The van der Waals surface area contributed by atoms with Crippen LogP contribution in [0, 0.1) is 24.1 Å². The molecule has 0 spiro atoms. The number of aryl methyl sites for hydroxylation is 1. The van der Waals surface area contributed by atoms with Crippen molar-refractivity contribution >= 4 is 28.2 Å². The molecule has 11 heteroatoms. The molecule has 0 aliphatic rings. The molecular weight excluding hydrogens is 438 g/mol. The highest BCUT2D eigenvalue weighted by Gasteiger charge is 2.64. The average molecular weight is 457 g/mol. The summed E-state index contributed by atoms with van der Waals surface area (Å²) in [5.41, 5.74) is -3.51. The van der Waals surface area contributed by atoms with E-state index in [0.29, 0.717) is 16.9 Å². The van der Waals surface area contributed by atoms with Crippen LogP contribution in [0.2, 0.25) is 0 Å². The van der Waals surface area contributed by atoms with Crippen molar-refractivity contribution in [3.63, 3.8) is 0 Å². The molecule has 1 unspecified atom stereocenters. The zero-order valence-corrected chi connectivity index (χ0v) is 17.6. The van der Waals surface area contributed by atoms with Gasteiger partial charge in [-0.25, -0.2) is 9.18 Å². The lowest BCUT2D eigenvalue weighted by Crippen LogP contribution is -2.69. The number of ether oxygens (including phenoxy) is 1. The molecule has 2 N–H and O–H groups in total. The summed E-state index contributed by atoms with van der Waals surface area (Å²) in [4.78, 5) is 25.7. The maximum atomic E-state index is 14.3. The van der Waals surface area contributed by atoms with E-state index < -0.39 is 29.5 Å². The third-order valence-corrected chi connectivity index (χ3v) is 5.45. The van der Waals surface area contributed by atoms with Crippen molar-refractivity contribution in [3.8, 4) is 6.07 Å². The highest BCUT2D eigenvalue weighted by molar-refractivity contribution is 7.16. The highest BCUT2D eigenvalue weighted by Crippen LogP contribution is 2.39. The molecule has 1 heterocycles. The minimum absolute atomic E-state index is 0.0565. The molecular formula is C20H19F4N3O3S. The summed E-state index contributed by atoms with van der Waals surface area (Å²) in [5.74, 6) is -3.78. The highest BCUT2D eigenvalue weighted by atomic mass is 32.1. The van der Waals surface area contributed by atoms with Gasteiger partial charge in [0.05, 0.1) is 12.2 Å². The van der Waals surface area contributed by atoms with Crippen LogP contribution in [0.5, 0.6) is 0 Å². The number of anilines is 1. The summed E-state index contributed by atoms with van der Waals surface area (Å²) in [6, 6.07) is 5.58. The van der Waals surface area contributed by atoms with Crippen LogP contribution in [0.25, 0.3) is 0 Å². The summed E-state index contributed by atoms with van der Waals surface area (Å²) in [7, 11) is 0. The molecule has 0 aliphatic carbocycles. The van der Waals surface area contributed by atoms with E-state index in [1.165, 1.54) is 6.92 Å². The molecule has 1 aromatic carbocycles. The van der Waals surface area contributed by atoms with Crippen LogP contribution in [0.1, 0.15) is 40.2 Å². The Morgan fingerprint density at radius 3 is 2.29 bits per heavy atom. The summed E-state index contributed by atoms with van der Waals surface area (Å²) in [5, 5.41) is 12.9. The van der Waals surface area contributed by atoms with Crippen molar-refractivity contribution in [2.75, 3.05) is 11.9 Å². The summed E-state index contributed by atoms with van der Waals surface area (Å²) >= 11 is 0.851. The predicted octanol–water partition coefficient (Wildman–Crippen LogP) is 4.29. The van der Waals surface area contributed by atoms with Gasteiger partial charge in [-0.3, -0.25) is 4.79 Å². The zero-order chi connectivity index (χ0) is 23.4. The number of amides is 1. The maximum Gasteiger partial charge on any atom is 0.441 e. The number of thiophene rings is 1. The van der Waals surface area contributed by atoms with Gasteiger partial charge in [-0.05, 0) is 50.1 Å². The Hall–Kier alpha value is -3.13. The molecule has 6 nitrogen and oxygen atoms in total. The minimum atomic E-state index is -5.36. The first kappa shape index (κ1) is 24.1. The molecule has 0 bridgehead atoms. The normalized spacial score (nSPS) is 13.1. The number of hydrogen-bond donors (Lipinski definition) is 2. The van der Waals surface area contributed by atoms with Crippen LogP contribution >= 0.6 is 11.3 Å². The summed E-state index contributed by atoms with van der Waals surface area (Å²) in [6.07, 6.45) is -4.97. The molecule has 2 rings (SSSR count). The van der Waals surface area contributed by atoms with Crippen molar-refractivity contribution in [3.05, 3.63) is 51.7 Å². The number of alkyl halides is 3. The minimum Gasteiger partial charge on any atom is -0.463 e. The number of carbonyl (C=O) groups excluding carboxylic acids is 2. The molecule has 0 saturated carbocycles. The van der Waals surface area contributed by atoms with Crippen LogP contribution in [-0.4, -0.2) is 30.3 Å². The van der Waals surface area contributed by atoms with Gasteiger partial charge < -0.3 is 15.4 Å². The molecule has 0 aliphatic heterocycles. The number of nitrogens with one attached hydrogen (secondary N) is 2. The van der Waals surface area contributed by atoms with Crippen molar-refractivity contribution in [1.82, 2.24) is 5.32 Å². The largest absolute Gasteiger partial charge is 0.463 e. The molecule has 0 fully saturated rings. The fourth-order valence-electron chi connectivity index (χ4n) is 2.85. The first-order valence-corrected chi connectivity index (χ1v) is 9.94. The number of halogens is 4. The van der Waals surface area contributed by atoms with E-state index in [1.807, 2.05) is 11.4 Å². The number of esters is 1. The van der Waals surface area contributed by atoms with Crippen molar-refractivity contribution in [2.45, 2.75) is 39.0 Å². The van der Waals surface area contributed by atoms with E-state index >= 15 is 0 Å². The molecule has 2 aromatic rings. The Morgan fingerprint density at radius 1 is 1.19 bits per heavy atom. The number of benzene rings is 1. The zero-order valence-electron chi connectivity index (χ0n) is 16.8. The van der Waals surface area contributed by atoms with Gasteiger partial charge in [-0.1, -0.05) is 6.92 Å². The lowest BCUT2D eigenvalue weighted by molar-refractivity contribution is -0.204. The predicted molar refractivity (Wildman–Crippen MR) is 106 cm³/mol. The topological polar surface area (TPSA) is 91.2 Å². The molecule has 1 amide bonds. The third kappa shape index (κ3) is 4.80. The van der Waals surface area contributed by atoms with Crippen molar-refractivity contribution < 1.29 is 31.9 Å². The summed E-state index contributed by atoms with van der Waals surface area (Å²) in [6.45, 7) is 4.29. The van der Waals surface area contributed by atoms with Gasteiger partial charge in [0.15, 0.2) is 0 Å². The second-order valence-electron chi connectivity index (χ2n) is 6.36. The van der Waals surface area contributed by atoms with Crippen LogP contribution in [0.4, 0.5) is 22.6 Å². The summed E-state index contributed by atoms with van der Waals surface area (Å²) < 4.78 is 60.6. The average Bonchev–Trinajstić information content (AvgIpc) is 3.00. The van der Waals surface area contributed by atoms with E-state index in [9.17, 15) is 32.4 Å². The standard InChI is InChI=1S/C20H19F4N3O3S/c1-4-14-11(3)31-17(15(14)10-25)27-19(20(22,23)24,18(29)30-5-2)26-16(28)12-6-8-13(21)9-7-12/h6-9,27H,4-5H2,1-3H3,(H,26,28). The maximum absolute atomic E-state index is 14.3. The van der Waals surface area contributed by atoms with E-state index in [-0.39, 0.29) is 22.7 Å². The second-order valence-corrected chi connectivity index (χ2v) is 7.59. The molecule has 0 radical (unpaired) electrons. The SMILES string of the molecule is CCOC(=O)C(NC(=O)c1ccc(F)cc1)(Nc1sc(C)c(CC)c1C#N)C(F)(F)F. The number of rotatable bonds is 7. The molecule has 31 heavy (non-hydrogen) atoms. The van der Waals surface area contributed by atoms with Crippen LogP contribution in [0.3, 0.4) is 0 Å². The van der Waals surface area contributed by atoms with Gasteiger partial charge in [-0.15, -0.1) is 11.3 Å². The lowest BCUT2D eigenvalue weighted by atomic mass is 10.1. The van der Waals surface area contributed by atoms with Gasteiger partial charge in [0.1, 0.15) is 16.9 Å². The first-order chi connectivity index (χ1) is 14.5. The quantitative estimate of drug-likeness (QED) is 0.368. The van der Waals surface area contributed by atoms with Gasteiger partial charge in [0.2, 0.25) is 0 Å². The number of nitriles is 1. The van der Waals surface area contributed by atoms with Gasteiger partial charge in [0.25, 0.3) is 5.91 Å². The van der Waals surface area contributed by atoms with E-state index in [1.54, 1.807) is 19.2 Å². The van der Waals surface area contributed by atoms with Crippen LogP contribution < -0.4 is 10.6 Å². The Bertz CT molecular complexity index is 1010. The Kier molecular flexibility index (Phi) is 7.28. The third-order valence-electron chi connectivity index (χ3n) is 4.39. The van der Waals surface area contributed by atoms with Gasteiger partial charge >= 0.3 is 17.8 Å². The van der Waals surface area contributed by atoms with E-state index in [4.69, 9.17) is 0 Å². The van der Waals surface area contributed by atoms with Crippen LogP contribution in [-0.2, 0) is 16.0 Å². The number of carbonyl (C=O) groups is 2. The number of hydrogen-bond acceptors (Lipinski definition) is 6. The molecule has 166 valence electrons. The second kappa shape index (κ2) is 9.34. The monoisotopic (exact) mass is 457 g/mol. The van der Waals surface area contributed by atoms with Gasteiger partial charge in [-0.2, -0.15) is 18.4 Å². The van der Waals surface area contributed by atoms with E-state index in [2.05, 4.69) is 4.74 Å². The Morgan fingerprint density at radius 2 is 1.81 bits per heavy atom. The first-order valence-electron chi connectivity index (χ1n) is 9.13. The van der Waals surface area contributed by atoms with Gasteiger partial charge in [0, 0.05) is 10.4 Å². The Labute approximate surface area is 179 Å². The van der Waals surface area contributed by atoms with Crippen LogP contribution in [0.15, 0.2) is 24.3 Å². The molecule has 0 saturated heterocycles.